The van der Waals surface area contributed by atoms with Gasteiger partial charge in [-0.1, -0.05) is 29.4 Å². The first-order chi connectivity index (χ1) is 10.1. The van der Waals surface area contributed by atoms with Gasteiger partial charge in [-0.05, 0) is 36.1 Å². The highest BCUT2D eigenvalue weighted by Gasteiger charge is 2.14. The van der Waals surface area contributed by atoms with E-state index < -0.39 is 0 Å². The van der Waals surface area contributed by atoms with Crippen LogP contribution in [0.2, 0.25) is 5.02 Å². The van der Waals surface area contributed by atoms with Crippen molar-refractivity contribution in [3.8, 4) is 10.8 Å². The third-order valence-corrected chi connectivity index (χ3v) is 5.07. The molecule has 0 spiro atoms. The first kappa shape index (κ1) is 14.6. The van der Waals surface area contributed by atoms with Crippen LogP contribution in [0.3, 0.4) is 0 Å². The average Bonchev–Trinajstić information content (AvgIpc) is 3.07. The molecule has 0 atom stereocenters. The Bertz CT molecular complexity index is 752. The molecule has 0 N–H and O–H groups in total. The minimum atomic E-state index is -0.330. The lowest BCUT2D eigenvalue weighted by atomic mass is 10.2. The standard InChI is InChI=1S/C14H10ClFN2OS2/c1-8-5-6-20-12(8)13-17-18-14(19-13)21-7-9-10(15)3-2-4-11(9)16/h2-6H,7H2,1H3. The van der Waals surface area contributed by atoms with E-state index >= 15 is 0 Å². The fourth-order valence-electron chi connectivity index (χ4n) is 1.76. The molecule has 0 fully saturated rings. The van der Waals surface area contributed by atoms with E-state index in [-0.39, 0.29) is 5.82 Å². The van der Waals surface area contributed by atoms with Crippen molar-refractivity contribution in [1.82, 2.24) is 10.2 Å². The van der Waals surface area contributed by atoms with Crippen molar-refractivity contribution in [2.24, 2.45) is 0 Å². The Hall–Kier alpha value is -1.37. The maximum atomic E-state index is 13.7. The van der Waals surface area contributed by atoms with Gasteiger partial charge in [-0.2, -0.15) is 0 Å². The molecule has 0 saturated heterocycles. The summed E-state index contributed by atoms with van der Waals surface area (Å²) < 4.78 is 19.3. The van der Waals surface area contributed by atoms with E-state index in [4.69, 9.17) is 16.0 Å². The molecule has 0 aliphatic rings. The monoisotopic (exact) mass is 340 g/mol. The lowest BCUT2D eigenvalue weighted by molar-refractivity contribution is 0.466. The summed E-state index contributed by atoms with van der Waals surface area (Å²) in [5, 5.41) is 10.8. The molecular weight excluding hydrogens is 331 g/mol. The minimum Gasteiger partial charge on any atom is -0.410 e. The van der Waals surface area contributed by atoms with E-state index in [2.05, 4.69) is 10.2 Å². The molecule has 2 aromatic heterocycles. The number of aromatic nitrogens is 2. The molecule has 1 aromatic carbocycles. The molecule has 7 heteroatoms. The molecule has 0 radical (unpaired) electrons. The first-order valence-electron chi connectivity index (χ1n) is 6.09. The topological polar surface area (TPSA) is 38.9 Å². The maximum absolute atomic E-state index is 13.7. The summed E-state index contributed by atoms with van der Waals surface area (Å²) in [7, 11) is 0. The predicted molar refractivity (Wildman–Crippen MR) is 83.3 cm³/mol. The second kappa shape index (κ2) is 6.17. The fraction of sp³-hybridized carbons (Fsp3) is 0.143. The van der Waals surface area contributed by atoms with Crippen LogP contribution in [0.1, 0.15) is 11.1 Å². The number of thiophene rings is 1. The second-order valence-corrected chi connectivity index (χ2v) is 6.54. The van der Waals surface area contributed by atoms with Crippen LogP contribution in [0, 0.1) is 12.7 Å². The summed E-state index contributed by atoms with van der Waals surface area (Å²) in [5.74, 6) is 0.504. The number of benzene rings is 1. The molecule has 3 nitrogen and oxygen atoms in total. The zero-order valence-corrected chi connectivity index (χ0v) is 13.4. The summed E-state index contributed by atoms with van der Waals surface area (Å²) in [6.45, 7) is 1.99. The summed E-state index contributed by atoms with van der Waals surface area (Å²) in [6.07, 6.45) is 0. The highest BCUT2D eigenvalue weighted by molar-refractivity contribution is 7.98. The normalized spacial score (nSPS) is 11.0. The minimum absolute atomic E-state index is 0.330. The summed E-state index contributed by atoms with van der Waals surface area (Å²) in [4.78, 5) is 0.957. The highest BCUT2D eigenvalue weighted by Crippen LogP contribution is 2.32. The molecule has 2 heterocycles. The summed E-state index contributed by atoms with van der Waals surface area (Å²) in [6, 6.07) is 6.62. The van der Waals surface area contributed by atoms with Crippen molar-refractivity contribution in [3.63, 3.8) is 0 Å². The van der Waals surface area contributed by atoms with E-state index in [1.807, 2.05) is 18.4 Å². The molecule has 3 aromatic rings. The number of rotatable bonds is 4. The molecule has 0 amide bonds. The molecular formula is C14H10ClFN2OS2. The second-order valence-electron chi connectivity index (χ2n) is 4.29. The Balaban J connectivity index is 1.75. The number of hydrogen-bond donors (Lipinski definition) is 0. The third kappa shape index (κ3) is 3.12. The zero-order chi connectivity index (χ0) is 14.8. The van der Waals surface area contributed by atoms with Gasteiger partial charge in [0.2, 0.25) is 0 Å². The molecule has 3 rings (SSSR count). The van der Waals surface area contributed by atoms with Gasteiger partial charge in [0.25, 0.3) is 11.1 Å². The molecule has 0 unspecified atom stereocenters. The van der Waals surface area contributed by atoms with Gasteiger partial charge in [0.15, 0.2) is 0 Å². The first-order valence-corrected chi connectivity index (χ1v) is 8.33. The lowest BCUT2D eigenvalue weighted by Gasteiger charge is -2.02. The van der Waals surface area contributed by atoms with Crippen molar-refractivity contribution in [1.29, 1.82) is 0 Å². The Morgan fingerprint density at radius 2 is 2.19 bits per heavy atom. The quantitative estimate of drug-likeness (QED) is 0.612. The molecule has 0 aliphatic heterocycles. The third-order valence-electron chi connectivity index (χ3n) is 2.86. The van der Waals surface area contributed by atoms with Gasteiger partial charge < -0.3 is 4.42 Å². The Morgan fingerprint density at radius 1 is 1.33 bits per heavy atom. The van der Waals surface area contributed by atoms with Crippen molar-refractivity contribution in [2.75, 3.05) is 0 Å². The van der Waals surface area contributed by atoms with E-state index in [1.54, 1.807) is 23.5 Å². The van der Waals surface area contributed by atoms with Gasteiger partial charge in [-0.25, -0.2) is 4.39 Å². The summed E-state index contributed by atoms with van der Waals surface area (Å²) in [5.41, 5.74) is 1.54. The van der Waals surface area contributed by atoms with Crippen molar-refractivity contribution >= 4 is 34.7 Å². The molecule has 0 aliphatic carbocycles. The van der Waals surface area contributed by atoms with Crippen LogP contribution in [0.25, 0.3) is 10.8 Å². The Morgan fingerprint density at radius 3 is 2.90 bits per heavy atom. The van der Waals surface area contributed by atoms with Crippen LogP contribution in [0.4, 0.5) is 4.39 Å². The van der Waals surface area contributed by atoms with Gasteiger partial charge in [-0.3, -0.25) is 0 Å². The van der Waals surface area contributed by atoms with Gasteiger partial charge >= 0.3 is 0 Å². The van der Waals surface area contributed by atoms with E-state index in [1.165, 1.54) is 17.8 Å². The van der Waals surface area contributed by atoms with Crippen LogP contribution in [-0.2, 0) is 5.75 Å². The molecule has 108 valence electrons. The van der Waals surface area contributed by atoms with E-state index in [0.717, 1.165) is 10.4 Å². The van der Waals surface area contributed by atoms with E-state index in [0.29, 0.717) is 27.5 Å². The number of thioether (sulfide) groups is 1. The maximum Gasteiger partial charge on any atom is 0.277 e. The Labute approximate surface area is 134 Å². The van der Waals surface area contributed by atoms with Gasteiger partial charge in [0.05, 0.1) is 4.88 Å². The van der Waals surface area contributed by atoms with Crippen LogP contribution in [0.5, 0.6) is 0 Å². The number of nitrogens with zero attached hydrogens (tertiary/aromatic N) is 2. The van der Waals surface area contributed by atoms with E-state index in [9.17, 15) is 4.39 Å². The molecule has 0 saturated carbocycles. The predicted octanol–water partition coefficient (Wildman–Crippen LogP) is 5.19. The number of aryl methyl sites for hydroxylation is 1. The summed E-state index contributed by atoms with van der Waals surface area (Å²) >= 11 is 8.80. The lowest BCUT2D eigenvalue weighted by Crippen LogP contribution is -1.88. The molecule has 0 bridgehead atoms. The average molecular weight is 341 g/mol. The Kier molecular flexibility index (Phi) is 4.28. The van der Waals surface area contributed by atoms with Crippen LogP contribution < -0.4 is 0 Å². The zero-order valence-electron chi connectivity index (χ0n) is 11.0. The van der Waals surface area contributed by atoms with Crippen LogP contribution >= 0.6 is 34.7 Å². The largest absolute Gasteiger partial charge is 0.410 e. The molecule has 21 heavy (non-hydrogen) atoms. The van der Waals surface area contributed by atoms with Crippen molar-refractivity contribution in [3.05, 3.63) is 51.6 Å². The SMILES string of the molecule is Cc1ccsc1-c1nnc(SCc2c(F)cccc2Cl)o1. The van der Waals surface area contributed by atoms with Gasteiger partial charge in [-0.15, -0.1) is 21.5 Å². The highest BCUT2D eigenvalue weighted by atomic mass is 35.5. The smallest absolute Gasteiger partial charge is 0.277 e. The van der Waals surface area contributed by atoms with Gasteiger partial charge in [0, 0.05) is 16.3 Å². The van der Waals surface area contributed by atoms with Crippen LogP contribution in [-0.4, -0.2) is 10.2 Å². The fourth-order valence-corrected chi connectivity index (χ4v) is 3.71. The van der Waals surface area contributed by atoms with Gasteiger partial charge in [0.1, 0.15) is 5.82 Å². The van der Waals surface area contributed by atoms with Crippen molar-refractivity contribution in [2.45, 2.75) is 17.9 Å². The van der Waals surface area contributed by atoms with Crippen LogP contribution in [0.15, 0.2) is 39.3 Å². The van der Waals surface area contributed by atoms with Crippen molar-refractivity contribution < 1.29 is 8.81 Å². The number of halogens is 2. The number of hydrogen-bond acceptors (Lipinski definition) is 5.